The van der Waals surface area contributed by atoms with Gasteiger partial charge in [0.2, 0.25) is 5.91 Å². The Kier molecular flexibility index (Phi) is 5.92. The van der Waals surface area contributed by atoms with E-state index < -0.39 is 0 Å². The van der Waals surface area contributed by atoms with Gasteiger partial charge in [-0.1, -0.05) is 31.0 Å². The molecule has 3 rings (SSSR count). The minimum Gasteiger partial charge on any atom is -0.493 e. The van der Waals surface area contributed by atoms with Crippen LogP contribution in [0.5, 0.6) is 5.75 Å². The van der Waals surface area contributed by atoms with Gasteiger partial charge in [-0.05, 0) is 37.8 Å². The van der Waals surface area contributed by atoms with Gasteiger partial charge in [0.15, 0.2) is 0 Å². The summed E-state index contributed by atoms with van der Waals surface area (Å²) in [6.07, 6.45) is 8.12. The van der Waals surface area contributed by atoms with Gasteiger partial charge in [0, 0.05) is 25.2 Å². The summed E-state index contributed by atoms with van der Waals surface area (Å²) < 4.78 is 5.58. The Morgan fingerprint density at radius 3 is 2.48 bits per heavy atom. The molecule has 4 heteroatoms. The summed E-state index contributed by atoms with van der Waals surface area (Å²) in [5, 5.41) is 3.17. The van der Waals surface area contributed by atoms with Crippen LogP contribution in [0.4, 0.5) is 0 Å². The Morgan fingerprint density at radius 1 is 1.09 bits per heavy atom. The molecule has 1 amide bonds. The number of ether oxygens (including phenoxy) is 1. The number of hydrogen-bond acceptors (Lipinski definition) is 3. The summed E-state index contributed by atoms with van der Waals surface area (Å²) in [6, 6.07) is 10.8. The van der Waals surface area contributed by atoms with Crippen LogP contribution in [0.2, 0.25) is 0 Å². The fourth-order valence-corrected chi connectivity index (χ4v) is 3.76. The molecular formula is C19H28N2O2. The third-order valence-electron chi connectivity index (χ3n) is 5.08. The molecule has 0 spiro atoms. The summed E-state index contributed by atoms with van der Waals surface area (Å²) in [5.41, 5.74) is 0. The second-order valence-corrected chi connectivity index (χ2v) is 6.73. The van der Waals surface area contributed by atoms with Crippen LogP contribution in [0, 0.1) is 0 Å². The molecule has 2 fully saturated rings. The molecule has 4 nitrogen and oxygen atoms in total. The molecule has 1 aliphatic heterocycles. The largest absolute Gasteiger partial charge is 0.493 e. The quantitative estimate of drug-likeness (QED) is 0.877. The van der Waals surface area contributed by atoms with E-state index >= 15 is 0 Å². The van der Waals surface area contributed by atoms with Crippen molar-refractivity contribution in [2.24, 2.45) is 0 Å². The van der Waals surface area contributed by atoms with E-state index in [1.165, 1.54) is 25.7 Å². The Bertz CT molecular complexity index is 477. The molecule has 23 heavy (non-hydrogen) atoms. The molecule has 2 aliphatic rings. The summed E-state index contributed by atoms with van der Waals surface area (Å²) >= 11 is 0. The maximum Gasteiger partial charge on any atom is 0.223 e. The Morgan fingerprint density at radius 2 is 1.78 bits per heavy atom. The minimum atomic E-state index is 0.111. The van der Waals surface area contributed by atoms with Crippen molar-refractivity contribution in [3.8, 4) is 5.75 Å². The van der Waals surface area contributed by atoms with Gasteiger partial charge in [0.05, 0.1) is 13.0 Å². The van der Waals surface area contributed by atoms with E-state index in [4.69, 9.17) is 4.74 Å². The Balaban J connectivity index is 1.31. The van der Waals surface area contributed by atoms with Crippen molar-refractivity contribution < 1.29 is 9.53 Å². The second kappa shape index (κ2) is 8.34. The number of nitrogens with one attached hydrogen (secondary N) is 1. The van der Waals surface area contributed by atoms with Crippen molar-refractivity contribution in [1.29, 1.82) is 0 Å². The number of rotatable bonds is 6. The van der Waals surface area contributed by atoms with Crippen LogP contribution >= 0.6 is 0 Å². The smallest absolute Gasteiger partial charge is 0.223 e. The molecule has 1 saturated heterocycles. The lowest BCUT2D eigenvalue weighted by Crippen LogP contribution is -2.47. The normalized spacial score (nSPS) is 20.5. The Labute approximate surface area is 139 Å². The third-order valence-corrected chi connectivity index (χ3v) is 5.08. The molecule has 1 N–H and O–H groups in total. The number of amides is 1. The van der Waals surface area contributed by atoms with Crippen LogP contribution in [-0.2, 0) is 4.79 Å². The zero-order chi connectivity index (χ0) is 15.9. The highest BCUT2D eigenvalue weighted by atomic mass is 16.5. The fraction of sp³-hybridized carbons (Fsp3) is 0.632. The highest BCUT2D eigenvalue weighted by molar-refractivity contribution is 5.76. The maximum absolute atomic E-state index is 12.0. The van der Waals surface area contributed by atoms with Crippen molar-refractivity contribution in [3.63, 3.8) is 0 Å². The fourth-order valence-electron chi connectivity index (χ4n) is 3.76. The lowest BCUT2D eigenvalue weighted by atomic mass is 10.0. The van der Waals surface area contributed by atoms with Gasteiger partial charge < -0.3 is 15.0 Å². The average molecular weight is 316 g/mol. The molecule has 0 atom stereocenters. The number of carbonyl (C=O) groups excluding carboxylic acids is 1. The monoisotopic (exact) mass is 316 g/mol. The highest BCUT2D eigenvalue weighted by Gasteiger charge is 2.27. The van der Waals surface area contributed by atoms with E-state index in [9.17, 15) is 4.79 Å². The molecular weight excluding hydrogens is 288 g/mol. The summed E-state index contributed by atoms with van der Waals surface area (Å²) in [7, 11) is 0. The molecule has 126 valence electrons. The number of nitrogens with zero attached hydrogens (tertiary/aromatic N) is 1. The standard InChI is InChI=1S/C19H28N2O2/c22-19(12-15-23-18-8-2-1-3-9-18)20-16-10-13-21(14-11-16)17-6-4-5-7-17/h1-3,8-9,16-17H,4-7,10-15H2,(H,20,22). The van der Waals surface area contributed by atoms with Gasteiger partial charge in [-0.2, -0.15) is 0 Å². The third kappa shape index (κ3) is 4.96. The summed E-state index contributed by atoms with van der Waals surface area (Å²) in [4.78, 5) is 14.7. The lowest BCUT2D eigenvalue weighted by Gasteiger charge is -2.36. The predicted molar refractivity (Wildman–Crippen MR) is 91.5 cm³/mol. The lowest BCUT2D eigenvalue weighted by molar-refractivity contribution is -0.122. The van der Waals surface area contributed by atoms with Gasteiger partial charge in [-0.15, -0.1) is 0 Å². The maximum atomic E-state index is 12.0. The highest BCUT2D eigenvalue weighted by Crippen LogP contribution is 2.26. The van der Waals surface area contributed by atoms with Crippen LogP contribution in [0.3, 0.4) is 0 Å². The van der Waals surface area contributed by atoms with E-state index in [2.05, 4.69) is 10.2 Å². The second-order valence-electron chi connectivity index (χ2n) is 6.73. The van der Waals surface area contributed by atoms with Crippen molar-refractivity contribution >= 4 is 5.91 Å². The summed E-state index contributed by atoms with van der Waals surface area (Å²) in [6.45, 7) is 2.71. The van der Waals surface area contributed by atoms with E-state index in [-0.39, 0.29) is 5.91 Å². The molecule has 1 aromatic rings. The number of carbonyl (C=O) groups is 1. The molecule has 1 saturated carbocycles. The first-order valence-electron chi connectivity index (χ1n) is 9.02. The molecule has 0 radical (unpaired) electrons. The van der Waals surface area contributed by atoms with Gasteiger partial charge in [0.1, 0.15) is 5.75 Å². The van der Waals surface area contributed by atoms with E-state index in [0.29, 0.717) is 19.1 Å². The topological polar surface area (TPSA) is 41.6 Å². The molecule has 1 aliphatic carbocycles. The predicted octanol–water partition coefficient (Wildman–Crippen LogP) is 2.98. The average Bonchev–Trinajstić information content (AvgIpc) is 3.11. The van der Waals surface area contributed by atoms with E-state index in [1.807, 2.05) is 30.3 Å². The van der Waals surface area contributed by atoms with Crippen molar-refractivity contribution in [1.82, 2.24) is 10.2 Å². The first-order chi connectivity index (χ1) is 11.3. The number of hydrogen-bond donors (Lipinski definition) is 1. The first-order valence-corrected chi connectivity index (χ1v) is 9.02. The molecule has 0 unspecified atom stereocenters. The van der Waals surface area contributed by atoms with Gasteiger partial charge in [-0.3, -0.25) is 4.79 Å². The zero-order valence-corrected chi connectivity index (χ0v) is 13.9. The number of benzene rings is 1. The van der Waals surface area contributed by atoms with Crippen LogP contribution in [0.1, 0.15) is 44.9 Å². The minimum absolute atomic E-state index is 0.111. The van der Waals surface area contributed by atoms with Crippen molar-refractivity contribution in [2.45, 2.75) is 57.0 Å². The molecule has 0 bridgehead atoms. The molecule has 1 aromatic carbocycles. The van der Waals surface area contributed by atoms with E-state index in [0.717, 1.165) is 37.7 Å². The van der Waals surface area contributed by atoms with Crippen LogP contribution in [-0.4, -0.2) is 42.6 Å². The number of piperidine rings is 1. The first kappa shape index (κ1) is 16.3. The number of likely N-dealkylation sites (tertiary alicyclic amines) is 1. The zero-order valence-electron chi connectivity index (χ0n) is 13.9. The van der Waals surface area contributed by atoms with Gasteiger partial charge in [-0.25, -0.2) is 0 Å². The van der Waals surface area contributed by atoms with Crippen molar-refractivity contribution in [3.05, 3.63) is 30.3 Å². The number of para-hydroxylation sites is 1. The van der Waals surface area contributed by atoms with Gasteiger partial charge >= 0.3 is 0 Å². The Hall–Kier alpha value is -1.55. The summed E-state index contributed by atoms with van der Waals surface area (Å²) in [5.74, 6) is 0.936. The van der Waals surface area contributed by atoms with Crippen LogP contribution < -0.4 is 10.1 Å². The van der Waals surface area contributed by atoms with Crippen LogP contribution in [0.25, 0.3) is 0 Å². The van der Waals surface area contributed by atoms with Gasteiger partial charge in [0.25, 0.3) is 0 Å². The molecule has 1 heterocycles. The molecule has 0 aromatic heterocycles. The van der Waals surface area contributed by atoms with Crippen LogP contribution in [0.15, 0.2) is 30.3 Å². The SMILES string of the molecule is O=C(CCOc1ccccc1)NC1CCN(C2CCCC2)CC1. The van der Waals surface area contributed by atoms with Crippen molar-refractivity contribution in [2.75, 3.05) is 19.7 Å². The van der Waals surface area contributed by atoms with E-state index in [1.54, 1.807) is 0 Å².